The lowest BCUT2D eigenvalue weighted by Gasteiger charge is -2.14. The summed E-state index contributed by atoms with van der Waals surface area (Å²) in [4.78, 5) is 11.9. The highest BCUT2D eigenvalue weighted by molar-refractivity contribution is 9.10. The molecule has 4 rings (SSSR count). The summed E-state index contributed by atoms with van der Waals surface area (Å²) in [5.41, 5.74) is 3.58. The number of H-pyrrole nitrogens is 1. The van der Waals surface area contributed by atoms with E-state index in [4.69, 9.17) is 0 Å². The van der Waals surface area contributed by atoms with Crippen molar-refractivity contribution in [2.75, 3.05) is 11.9 Å². The maximum absolute atomic E-state index is 11.9. The normalized spacial score (nSPS) is 12.1. The zero-order chi connectivity index (χ0) is 20.2. The van der Waals surface area contributed by atoms with E-state index in [2.05, 4.69) is 86.9 Å². The summed E-state index contributed by atoms with van der Waals surface area (Å²) in [6, 6.07) is 24.6. The van der Waals surface area contributed by atoms with Crippen molar-refractivity contribution in [1.82, 2.24) is 10.2 Å². The Bertz CT molecular complexity index is 1170. The van der Waals surface area contributed by atoms with Crippen LogP contribution in [0.2, 0.25) is 0 Å². The first kappa shape index (κ1) is 19.4. The first-order valence-electron chi connectivity index (χ1n) is 9.69. The third-order valence-electron chi connectivity index (χ3n) is 5.22. The maximum atomic E-state index is 11.9. The number of aromatic amines is 1. The second kappa shape index (κ2) is 8.62. The Kier molecular flexibility index (Phi) is 5.76. The highest BCUT2D eigenvalue weighted by atomic mass is 79.9. The Morgan fingerprint density at radius 2 is 1.55 bits per heavy atom. The molecule has 0 amide bonds. The van der Waals surface area contributed by atoms with Crippen LogP contribution in [-0.4, -0.2) is 16.7 Å². The molecule has 0 fully saturated rings. The Balaban J connectivity index is 1.40. The molecule has 1 aromatic heterocycles. The third kappa shape index (κ3) is 4.40. The number of nitrogens with one attached hydrogen (secondary N) is 2. The van der Waals surface area contributed by atoms with Gasteiger partial charge in [0, 0.05) is 16.4 Å². The summed E-state index contributed by atoms with van der Waals surface area (Å²) < 4.78 is 1.09. The molecule has 0 spiro atoms. The van der Waals surface area contributed by atoms with Crippen LogP contribution in [0, 0.1) is 0 Å². The quantitative estimate of drug-likeness (QED) is 0.383. The molecule has 0 aliphatic heterocycles. The van der Waals surface area contributed by atoms with Gasteiger partial charge in [-0.3, -0.25) is 4.79 Å². The highest BCUT2D eigenvalue weighted by Crippen LogP contribution is 2.26. The van der Waals surface area contributed by atoms with E-state index < -0.39 is 0 Å². The molecule has 1 unspecified atom stereocenters. The van der Waals surface area contributed by atoms with Crippen LogP contribution in [0.4, 0.5) is 5.82 Å². The molecule has 1 atom stereocenters. The number of benzene rings is 3. The molecular weight excluding hydrogens is 426 g/mol. The largest absolute Gasteiger partial charge is 0.368 e. The fraction of sp³-hybridized carbons (Fsp3) is 0.167. The van der Waals surface area contributed by atoms with Crippen molar-refractivity contribution in [3.8, 4) is 11.1 Å². The molecule has 0 aliphatic rings. The average molecular weight is 448 g/mol. The molecule has 4 aromatic rings. The van der Waals surface area contributed by atoms with Crippen molar-refractivity contribution in [1.29, 1.82) is 0 Å². The molecule has 0 aliphatic carbocycles. The van der Waals surface area contributed by atoms with E-state index >= 15 is 0 Å². The van der Waals surface area contributed by atoms with Gasteiger partial charge < -0.3 is 5.32 Å². The van der Waals surface area contributed by atoms with E-state index in [0.29, 0.717) is 11.3 Å². The van der Waals surface area contributed by atoms with Crippen LogP contribution in [-0.2, 0) is 0 Å². The van der Waals surface area contributed by atoms with E-state index in [9.17, 15) is 4.79 Å². The van der Waals surface area contributed by atoms with Gasteiger partial charge in [0.15, 0.2) is 5.82 Å². The van der Waals surface area contributed by atoms with Crippen molar-refractivity contribution < 1.29 is 0 Å². The van der Waals surface area contributed by atoms with Crippen molar-refractivity contribution in [3.05, 3.63) is 93.2 Å². The highest BCUT2D eigenvalue weighted by Gasteiger charge is 2.09. The summed E-state index contributed by atoms with van der Waals surface area (Å²) in [7, 11) is 0. The number of halogens is 1. The first-order chi connectivity index (χ1) is 14.1. The van der Waals surface area contributed by atoms with Crippen molar-refractivity contribution in [2.45, 2.75) is 19.3 Å². The SMILES string of the molecule is CC(CCNc1n[nH]c(=O)c2ccccc12)c1ccc(-c2ccc(Br)cc2)cc1. The lowest BCUT2D eigenvalue weighted by molar-refractivity contribution is 0.704. The second-order valence-electron chi connectivity index (χ2n) is 7.19. The van der Waals surface area contributed by atoms with Crippen LogP contribution in [0.15, 0.2) is 82.1 Å². The molecule has 0 saturated carbocycles. The van der Waals surface area contributed by atoms with E-state index in [-0.39, 0.29) is 5.56 Å². The molecule has 3 aromatic carbocycles. The summed E-state index contributed by atoms with van der Waals surface area (Å²) in [6.45, 7) is 3.01. The van der Waals surface area contributed by atoms with Gasteiger partial charge >= 0.3 is 0 Å². The molecule has 4 nitrogen and oxygen atoms in total. The number of rotatable bonds is 6. The Labute approximate surface area is 178 Å². The fourth-order valence-electron chi connectivity index (χ4n) is 3.47. The van der Waals surface area contributed by atoms with Crippen molar-refractivity contribution in [3.63, 3.8) is 0 Å². The zero-order valence-electron chi connectivity index (χ0n) is 16.2. The van der Waals surface area contributed by atoms with E-state index in [1.54, 1.807) is 0 Å². The van der Waals surface area contributed by atoms with Crippen LogP contribution >= 0.6 is 15.9 Å². The summed E-state index contributed by atoms with van der Waals surface area (Å²) in [6.07, 6.45) is 0.965. The van der Waals surface area contributed by atoms with Gasteiger partial charge in [0.1, 0.15) is 0 Å². The zero-order valence-corrected chi connectivity index (χ0v) is 17.7. The monoisotopic (exact) mass is 447 g/mol. The third-order valence-corrected chi connectivity index (χ3v) is 5.75. The van der Waals surface area contributed by atoms with Crippen LogP contribution in [0.5, 0.6) is 0 Å². The maximum Gasteiger partial charge on any atom is 0.272 e. The van der Waals surface area contributed by atoms with Gasteiger partial charge in [0.05, 0.1) is 5.39 Å². The predicted molar refractivity (Wildman–Crippen MR) is 123 cm³/mol. The molecule has 29 heavy (non-hydrogen) atoms. The lowest BCUT2D eigenvalue weighted by Crippen LogP contribution is -2.13. The number of hydrogen-bond acceptors (Lipinski definition) is 3. The fourth-order valence-corrected chi connectivity index (χ4v) is 3.73. The van der Waals surface area contributed by atoms with Gasteiger partial charge in [-0.15, -0.1) is 0 Å². The smallest absolute Gasteiger partial charge is 0.272 e. The topological polar surface area (TPSA) is 57.8 Å². The molecule has 0 saturated heterocycles. The molecule has 0 radical (unpaired) electrons. The van der Waals surface area contributed by atoms with E-state index in [0.717, 1.165) is 28.6 Å². The van der Waals surface area contributed by atoms with Gasteiger partial charge in [-0.25, -0.2) is 5.10 Å². The predicted octanol–water partition coefficient (Wildman–Crippen LogP) is 5.96. The second-order valence-corrected chi connectivity index (χ2v) is 8.11. The number of anilines is 1. The first-order valence-corrected chi connectivity index (χ1v) is 10.5. The molecule has 1 heterocycles. The van der Waals surface area contributed by atoms with Gasteiger partial charge in [-0.05, 0) is 47.2 Å². The molecule has 0 bridgehead atoms. The minimum absolute atomic E-state index is 0.162. The molecule has 2 N–H and O–H groups in total. The Morgan fingerprint density at radius 3 is 2.24 bits per heavy atom. The number of fused-ring (bicyclic) bond motifs is 1. The molecule has 5 heteroatoms. The lowest BCUT2D eigenvalue weighted by atomic mass is 9.95. The van der Waals surface area contributed by atoms with Crippen molar-refractivity contribution >= 4 is 32.5 Å². The van der Waals surface area contributed by atoms with E-state index in [1.165, 1.54) is 16.7 Å². The Morgan fingerprint density at radius 1 is 0.931 bits per heavy atom. The number of nitrogens with zero attached hydrogens (tertiary/aromatic N) is 1. The van der Waals surface area contributed by atoms with Crippen LogP contribution in [0.25, 0.3) is 21.9 Å². The number of hydrogen-bond donors (Lipinski definition) is 2. The summed E-state index contributed by atoms with van der Waals surface area (Å²) in [5, 5.41) is 11.6. The van der Waals surface area contributed by atoms with Crippen LogP contribution in [0.3, 0.4) is 0 Å². The standard InChI is InChI=1S/C24H22BrN3O/c1-16(17-6-8-18(9-7-17)19-10-12-20(25)13-11-19)14-15-26-23-21-4-2-3-5-22(21)24(29)28-27-23/h2-13,16H,14-15H2,1H3,(H,26,27)(H,28,29). The average Bonchev–Trinajstić information content (AvgIpc) is 2.76. The van der Waals surface area contributed by atoms with Crippen LogP contribution < -0.4 is 10.9 Å². The summed E-state index contributed by atoms with van der Waals surface area (Å²) in [5.74, 6) is 1.13. The van der Waals surface area contributed by atoms with Crippen molar-refractivity contribution in [2.24, 2.45) is 0 Å². The molecule has 146 valence electrons. The van der Waals surface area contributed by atoms with Gasteiger partial charge in [0.2, 0.25) is 0 Å². The Hall–Kier alpha value is -2.92. The molecular formula is C24H22BrN3O. The van der Waals surface area contributed by atoms with Crippen LogP contribution in [0.1, 0.15) is 24.8 Å². The summed E-state index contributed by atoms with van der Waals surface area (Å²) >= 11 is 3.48. The van der Waals surface area contributed by atoms with Gasteiger partial charge in [-0.2, -0.15) is 5.10 Å². The minimum Gasteiger partial charge on any atom is -0.368 e. The number of aromatic nitrogens is 2. The van der Waals surface area contributed by atoms with Gasteiger partial charge in [0.25, 0.3) is 5.56 Å². The minimum atomic E-state index is -0.162. The van der Waals surface area contributed by atoms with Gasteiger partial charge in [-0.1, -0.05) is 77.5 Å². The van der Waals surface area contributed by atoms with E-state index in [1.807, 2.05) is 24.3 Å².